The zero-order chi connectivity index (χ0) is 22.4. The van der Waals surface area contributed by atoms with Crippen molar-refractivity contribution in [3.63, 3.8) is 0 Å². The van der Waals surface area contributed by atoms with E-state index in [9.17, 15) is 9.59 Å². The van der Waals surface area contributed by atoms with Crippen molar-refractivity contribution in [1.29, 1.82) is 0 Å². The van der Waals surface area contributed by atoms with E-state index in [1.165, 1.54) is 16.2 Å². The summed E-state index contributed by atoms with van der Waals surface area (Å²) in [6, 6.07) is 11.4. The minimum absolute atomic E-state index is 0.0228. The van der Waals surface area contributed by atoms with Crippen LogP contribution in [0.25, 0.3) is 11.0 Å². The average molecular weight is 465 g/mol. The summed E-state index contributed by atoms with van der Waals surface area (Å²) < 4.78 is 11.5. The van der Waals surface area contributed by atoms with E-state index >= 15 is 0 Å². The number of hydrogen-bond acceptors (Lipinski definition) is 6. The first-order valence-electron chi connectivity index (χ1n) is 9.83. The molecule has 0 unspecified atom stereocenters. The maximum atomic E-state index is 13.5. The lowest BCUT2D eigenvalue weighted by Gasteiger charge is -2.22. The zero-order valence-corrected chi connectivity index (χ0v) is 18.6. The van der Waals surface area contributed by atoms with Crippen molar-refractivity contribution in [2.45, 2.75) is 13.0 Å². The van der Waals surface area contributed by atoms with Crippen molar-refractivity contribution in [3.05, 3.63) is 98.3 Å². The molecular weight excluding hydrogens is 448 g/mol. The molecule has 0 bridgehead atoms. The van der Waals surface area contributed by atoms with Crippen LogP contribution < -0.4 is 15.1 Å². The summed E-state index contributed by atoms with van der Waals surface area (Å²) in [5, 5.41) is 3.11. The van der Waals surface area contributed by atoms with Crippen LogP contribution >= 0.6 is 22.9 Å². The Balaban J connectivity index is 1.72. The Morgan fingerprint density at radius 1 is 1.25 bits per heavy atom. The summed E-state index contributed by atoms with van der Waals surface area (Å²) in [5.74, 6) is 0.280. The van der Waals surface area contributed by atoms with Crippen LogP contribution in [-0.4, -0.2) is 17.5 Å². The number of carbonyl (C=O) groups excluding carboxylic acids is 1. The van der Waals surface area contributed by atoms with Crippen LogP contribution in [0.4, 0.5) is 5.13 Å². The fourth-order valence-corrected chi connectivity index (χ4v) is 4.81. The molecule has 3 heterocycles. The Bertz CT molecular complexity index is 1420. The fourth-order valence-electron chi connectivity index (χ4n) is 3.81. The van der Waals surface area contributed by atoms with Crippen LogP contribution in [0.1, 0.15) is 33.4 Å². The van der Waals surface area contributed by atoms with Gasteiger partial charge in [0.15, 0.2) is 10.6 Å². The molecule has 160 valence electrons. The second-order valence-corrected chi connectivity index (χ2v) is 8.61. The summed E-state index contributed by atoms with van der Waals surface area (Å²) in [5.41, 5.74) is 1.83. The number of amides is 1. The SMILES string of the molecule is C=CCOc1ccc([C@@H]2c3c(oc4ccc(Cl)cc4c3=O)C(=O)N2c2nc(C)cs2)cc1. The molecule has 0 saturated heterocycles. The number of thiazole rings is 1. The second-order valence-electron chi connectivity index (χ2n) is 7.33. The molecule has 1 aliphatic heterocycles. The Morgan fingerprint density at radius 2 is 2.03 bits per heavy atom. The molecule has 0 N–H and O–H groups in total. The standard InChI is InChI=1S/C24H17ClN2O4S/c1-3-10-30-16-7-4-14(5-8-16)20-19-21(28)17-11-15(25)6-9-18(17)31-22(19)23(29)27(20)24-26-13(2)12-32-24/h3-9,11-12,20H,1,10H2,2H3/t20-/m1/s1. The molecule has 0 radical (unpaired) electrons. The monoisotopic (exact) mass is 464 g/mol. The highest BCUT2D eigenvalue weighted by molar-refractivity contribution is 7.14. The predicted molar refractivity (Wildman–Crippen MR) is 125 cm³/mol. The maximum absolute atomic E-state index is 13.5. The van der Waals surface area contributed by atoms with Gasteiger partial charge in [0, 0.05) is 10.4 Å². The number of halogens is 1. The molecule has 5 rings (SSSR count). The average Bonchev–Trinajstić information content (AvgIpc) is 3.34. The highest BCUT2D eigenvalue weighted by Gasteiger charge is 2.44. The molecule has 32 heavy (non-hydrogen) atoms. The van der Waals surface area contributed by atoms with E-state index in [0.29, 0.717) is 33.5 Å². The van der Waals surface area contributed by atoms with E-state index in [-0.39, 0.29) is 16.8 Å². The van der Waals surface area contributed by atoms with Crippen molar-refractivity contribution >= 4 is 44.9 Å². The molecule has 0 aliphatic carbocycles. The van der Waals surface area contributed by atoms with Gasteiger partial charge < -0.3 is 9.15 Å². The normalized spacial score (nSPS) is 15.2. The molecule has 1 amide bonds. The molecule has 8 heteroatoms. The molecule has 2 aromatic heterocycles. The molecule has 0 saturated carbocycles. The number of hydrogen-bond donors (Lipinski definition) is 0. The number of aromatic nitrogens is 1. The third-order valence-corrected chi connectivity index (χ3v) is 6.40. The molecule has 0 spiro atoms. The number of anilines is 1. The number of rotatable bonds is 5. The molecule has 2 aromatic carbocycles. The molecule has 0 fully saturated rings. The maximum Gasteiger partial charge on any atom is 0.297 e. The van der Waals surface area contributed by atoms with Crippen LogP contribution in [0.3, 0.4) is 0 Å². The van der Waals surface area contributed by atoms with Gasteiger partial charge in [-0.2, -0.15) is 0 Å². The van der Waals surface area contributed by atoms with Crippen molar-refractivity contribution in [2.24, 2.45) is 0 Å². The van der Waals surface area contributed by atoms with Gasteiger partial charge in [0.05, 0.1) is 22.7 Å². The van der Waals surface area contributed by atoms with Crippen molar-refractivity contribution in [3.8, 4) is 5.75 Å². The molecule has 1 aliphatic rings. The Morgan fingerprint density at radius 3 is 2.72 bits per heavy atom. The van der Waals surface area contributed by atoms with Crippen molar-refractivity contribution < 1.29 is 13.9 Å². The lowest BCUT2D eigenvalue weighted by molar-refractivity contribution is 0.0971. The summed E-state index contributed by atoms with van der Waals surface area (Å²) in [7, 11) is 0. The van der Waals surface area contributed by atoms with Crippen LogP contribution in [0, 0.1) is 6.92 Å². The largest absolute Gasteiger partial charge is 0.490 e. The molecule has 6 nitrogen and oxygen atoms in total. The van der Waals surface area contributed by atoms with E-state index < -0.39 is 11.9 Å². The summed E-state index contributed by atoms with van der Waals surface area (Å²) in [6.07, 6.45) is 1.66. The van der Waals surface area contributed by atoms with Gasteiger partial charge in [-0.15, -0.1) is 11.3 Å². The minimum Gasteiger partial charge on any atom is -0.490 e. The van der Waals surface area contributed by atoms with Crippen LogP contribution in [0.2, 0.25) is 5.02 Å². The topological polar surface area (TPSA) is 72.6 Å². The third kappa shape index (κ3) is 3.30. The smallest absolute Gasteiger partial charge is 0.297 e. The first-order valence-corrected chi connectivity index (χ1v) is 11.1. The van der Waals surface area contributed by atoms with Gasteiger partial charge in [-0.25, -0.2) is 4.98 Å². The number of ether oxygens (including phenoxy) is 1. The quantitative estimate of drug-likeness (QED) is 0.363. The lowest BCUT2D eigenvalue weighted by Crippen LogP contribution is -2.29. The van der Waals surface area contributed by atoms with Crippen LogP contribution in [0.15, 0.2) is 69.7 Å². The highest BCUT2D eigenvalue weighted by atomic mass is 35.5. The van der Waals surface area contributed by atoms with Gasteiger partial charge >= 0.3 is 0 Å². The number of carbonyl (C=O) groups is 1. The Hall–Kier alpha value is -3.42. The van der Waals surface area contributed by atoms with E-state index in [0.717, 1.165) is 11.3 Å². The first kappa shape index (κ1) is 20.5. The third-order valence-electron chi connectivity index (χ3n) is 5.21. The summed E-state index contributed by atoms with van der Waals surface area (Å²) in [4.78, 5) is 33.0. The van der Waals surface area contributed by atoms with Gasteiger partial charge in [0.1, 0.15) is 17.9 Å². The van der Waals surface area contributed by atoms with Gasteiger partial charge in [-0.1, -0.05) is 36.4 Å². The Labute approximate surface area is 192 Å². The lowest BCUT2D eigenvalue weighted by atomic mass is 9.98. The van der Waals surface area contributed by atoms with Gasteiger partial charge in [0.25, 0.3) is 5.91 Å². The molecular formula is C24H17ClN2O4S. The summed E-state index contributed by atoms with van der Waals surface area (Å²) >= 11 is 7.46. The number of fused-ring (bicyclic) bond motifs is 2. The fraction of sp³-hybridized carbons (Fsp3) is 0.125. The van der Waals surface area contributed by atoms with Crippen LogP contribution in [0.5, 0.6) is 5.75 Å². The van der Waals surface area contributed by atoms with Gasteiger partial charge in [-0.05, 0) is 42.8 Å². The van der Waals surface area contributed by atoms with E-state index in [4.69, 9.17) is 20.8 Å². The van der Waals surface area contributed by atoms with Gasteiger partial charge in [0.2, 0.25) is 5.76 Å². The number of benzene rings is 2. The predicted octanol–water partition coefficient (Wildman–Crippen LogP) is 5.53. The molecule has 1 atom stereocenters. The molecule has 4 aromatic rings. The zero-order valence-electron chi connectivity index (χ0n) is 17.0. The van der Waals surface area contributed by atoms with Crippen LogP contribution in [-0.2, 0) is 0 Å². The summed E-state index contributed by atoms with van der Waals surface area (Å²) in [6.45, 7) is 5.88. The number of aryl methyl sites for hydroxylation is 1. The van der Waals surface area contributed by atoms with E-state index in [2.05, 4.69) is 11.6 Å². The van der Waals surface area contributed by atoms with Crippen molar-refractivity contribution in [2.75, 3.05) is 11.5 Å². The van der Waals surface area contributed by atoms with Gasteiger partial charge in [-0.3, -0.25) is 14.5 Å². The first-order chi connectivity index (χ1) is 15.5. The Kier molecular flexibility index (Phi) is 5.07. The highest BCUT2D eigenvalue weighted by Crippen LogP contribution is 2.42. The van der Waals surface area contributed by atoms with E-state index in [1.807, 2.05) is 24.4 Å². The van der Waals surface area contributed by atoms with Crippen molar-refractivity contribution in [1.82, 2.24) is 4.98 Å². The minimum atomic E-state index is -0.684. The number of nitrogens with zero attached hydrogens (tertiary/aromatic N) is 2. The van der Waals surface area contributed by atoms with E-state index in [1.54, 1.807) is 36.4 Å². The second kappa shape index (κ2) is 7.93.